The molecule has 0 bridgehead atoms. The number of hydrogen-bond acceptors (Lipinski definition) is 5. The lowest BCUT2D eigenvalue weighted by atomic mass is 10.1. The van der Waals surface area contributed by atoms with E-state index in [1.54, 1.807) is 0 Å². The normalized spacial score (nSPS) is 17.1. The van der Waals surface area contributed by atoms with Crippen LogP contribution in [-0.4, -0.2) is 27.8 Å². The van der Waals surface area contributed by atoms with Crippen molar-refractivity contribution in [2.45, 2.75) is 17.1 Å². The standard InChI is InChI=1S/C24H20FNO5S/c25-18-14-29-21-11-10-19(13-22(21)30-15-18)32(27,28)26-24(16-6-2-1-3-7-16)23-12-17-8-4-5-9-20(17)31-23/h1-13,18,24,26H,14-15H2/t18-,24+/m0/s1. The van der Waals surface area contributed by atoms with Crippen molar-refractivity contribution >= 4 is 21.0 Å². The summed E-state index contributed by atoms with van der Waals surface area (Å²) in [5.74, 6) is 0.963. The molecule has 164 valence electrons. The van der Waals surface area contributed by atoms with Crippen molar-refractivity contribution in [3.05, 3.63) is 90.2 Å². The third-order valence-electron chi connectivity index (χ3n) is 5.20. The second kappa shape index (κ2) is 8.29. The fourth-order valence-electron chi connectivity index (χ4n) is 3.60. The smallest absolute Gasteiger partial charge is 0.241 e. The van der Waals surface area contributed by atoms with Crippen LogP contribution in [0.15, 0.2) is 88.2 Å². The zero-order valence-electron chi connectivity index (χ0n) is 16.9. The van der Waals surface area contributed by atoms with Crippen LogP contribution in [0.5, 0.6) is 11.5 Å². The van der Waals surface area contributed by atoms with E-state index in [0.717, 1.165) is 10.9 Å². The lowest BCUT2D eigenvalue weighted by molar-refractivity contribution is 0.162. The Morgan fingerprint density at radius 2 is 1.59 bits per heavy atom. The molecule has 4 aromatic rings. The van der Waals surface area contributed by atoms with Crippen molar-refractivity contribution in [3.8, 4) is 11.5 Å². The number of alkyl halides is 1. The maximum Gasteiger partial charge on any atom is 0.241 e. The van der Waals surface area contributed by atoms with Crippen molar-refractivity contribution in [2.24, 2.45) is 0 Å². The van der Waals surface area contributed by atoms with Crippen molar-refractivity contribution in [3.63, 3.8) is 0 Å². The van der Waals surface area contributed by atoms with Crippen LogP contribution in [0.1, 0.15) is 17.4 Å². The number of rotatable bonds is 5. The molecule has 0 unspecified atom stereocenters. The fourth-order valence-corrected chi connectivity index (χ4v) is 4.81. The topological polar surface area (TPSA) is 77.8 Å². The predicted octanol–water partition coefficient (Wildman–Crippen LogP) is 4.61. The van der Waals surface area contributed by atoms with E-state index in [1.807, 2.05) is 60.7 Å². The summed E-state index contributed by atoms with van der Waals surface area (Å²) in [5, 5.41) is 0.874. The van der Waals surface area contributed by atoms with Gasteiger partial charge in [0.25, 0.3) is 0 Å². The van der Waals surface area contributed by atoms with Crippen molar-refractivity contribution < 1.29 is 26.7 Å². The van der Waals surface area contributed by atoms with Gasteiger partial charge in [0.1, 0.15) is 30.6 Å². The molecule has 1 N–H and O–H groups in total. The molecule has 8 heteroatoms. The van der Waals surface area contributed by atoms with Gasteiger partial charge >= 0.3 is 0 Å². The Kier molecular flexibility index (Phi) is 5.32. The average molecular weight is 453 g/mol. The highest BCUT2D eigenvalue weighted by Crippen LogP contribution is 2.34. The molecular weight excluding hydrogens is 433 g/mol. The highest BCUT2D eigenvalue weighted by molar-refractivity contribution is 7.89. The van der Waals surface area contributed by atoms with Crippen molar-refractivity contribution in [2.75, 3.05) is 13.2 Å². The molecule has 0 saturated carbocycles. The maximum absolute atomic E-state index is 13.6. The van der Waals surface area contributed by atoms with Gasteiger partial charge in [0.05, 0.1) is 4.90 Å². The largest absolute Gasteiger partial charge is 0.487 e. The third kappa shape index (κ3) is 4.06. The molecule has 32 heavy (non-hydrogen) atoms. The number of hydrogen-bond donors (Lipinski definition) is 1. The van der Waals surface area contributed by atoms with E-state index in [1.165, 1.54) is 18.2 Å². The summed E-state index contributed by atoms with van der Waals surface area (Å²) < 4.78 is 59.7. The van der Waals surface area contributed by atoms with Gasteiger partial charge < -0.3 is 13.9 Å². The number of furan rings is 1. The number of fused-ring (bicyclic) bond motifs is 2. The molecule has 0 radical (unpaired) electrons. The first-order valence-corrected chi connectivity index (χ1v) is 11.6. The summed E-state index contributed by atoms with van der Waals surface area (Å²) in [6.45, 7) is -0.338. The molecule has 0 saturated heterocycles. The van der Waals surface area contributed by atoms with Crippen LogP contribution in [0, 0.1) is 0 Å². The minimum Gasteiger partial charge on any atom is -0.487 e. The number of halogens is 1. The first-order chi connectivity index (χ1) is 15.5. The van der Waals surface area contributed by atoms with Crippen LogP contribution >= 0.6 is 0 Å². The summed E-state index contributed by atoms with van der Waals surface area (Å²) in [6.07, 6.45) is -1.28. The molecule has 0 aliphatic carbocycles. The Hall–Kier alpha value is -3.36. The van der Waals surface area contributed by atoms with Gasteiger partial charge in [-0.1, -0.05) is 48.5 Å². The Bertz CT molecular complexity index is 1320. The average Bonchev–Trinajstić information content (AvgIpc) is 3.15. The molecule has 5 rings (SSSR count). The minimum atomic E-state index is -3.99. The Labute approximate surface area is 184 Å². The number of para-hydroxylation sites is 1. The zero-order chi connectivity index (χ0) is 22.1. The van der Waals surface area contributed by atoms with E-state index in [0.29, 0.717) is 17.1 Å². The van der Waals surface area contributed by atoms with Crippen LogP contribution in [0.2, 0.25) is 0 Å². The van der Waals surface area contributed by atoms with Gasteiger partial charge in [-0.2, -0.15) is 4.72 Å². The third-order valence-corrected chi connectivity index (χ3v) is 6.62. The highest BCUT2D eigenvalue weighted by atomic mass is 32.2. The number of nitrogens with one attached hydrogen (secondary N) is 1. The highest BCUT2D eigenvalue weighted by Gasteiger charge is 2.27. The number of benzene rings is 3. The quantitative estimate of drug-likeness (QED) is 0.478. The Morgan fingerprint density at radius 1 is 0.875 bits per heavy atom. The first kappa shape index (κ1) is 20.5. The van der Waals surface area contributed by atoms with Crippen LogP contribution in [0.25, 0.3) is 11.0 Å². The lowest BCUT2D eigenvalue weighted by Gasteiger charge is -2.18. The second-order valence-corrected chi connectivity index (χ2v) is 9.19. The summed E-state index contributed by atoms with van der Waals surface area (Å²) in [4.78, 5) is -0.0193. The molecule has 0 fully saturated rings. The molecule has 2 atom stereocenters. The van der Waals surface area contributed by atoms with Crippen molar-refractivity contribution in [1.29, 1.82) is 0 Å². The van der Waals surface area contributed by atoms with Gasteiger partial charge in [0.2, 0.25) is 10.0 Å². The van der Waals surface area contributed by atoms with Gasteiger partial charge in [-0.15, -0.1) is 0 Å². The van der Waals surface area contributed by atoms with E-state index in [2.05, 4.69) is 4.72 Å². The summed E-state index contributed by atoms with van der Waals surface area (Å²) in [5.41, 5.74) is 1.39. The molecule has 1 aliphatic rings. The van der Waals surface area contributed by atoms with E-state index < -0.39 is 22.2 Å². The zero-order valence-corrected chi connectivity index (χ0v) is 17.7. The van der Waals surface area contributed by atoms with Crippen LogP contribution in [-0.2, 0) is 10.0 Å². The molecule has 0 spiro atoms. The molecular formula is C24H20FNO5S. The Balaban J connectivity index is 1.52. The van der Waals surface area contributed by atoms with Crippen LogP contribution in [0.3, 0.4) is 0 Å². The van der Waals surface area contributed by atoms with E-state index in [-0.39, 0.29) is 23.9 Å². The summed E-state index contributed by atoms with van der Waals surface area (Å²) in [6, 6.07) is 22.0. The Morgan fingerprint density at radius 3 is 2.38 bits per heavy atom. The summed E-state index contributed by atoms with van der Waals surface area (Å²) in [7, 11) is -3.99. The van der Waals surface area contributed by atoms with Gasteiger partial charge in [-0.25, -0.2) is 12.8 Å². The lowest BCUT2D eigenvalue weighted by Crippen LogP contribution is -2.29. The molecule has 1 aromatic heterocycles. The van der Waals surface area contributed by atoms with Gasteiger partial charge in [-0.3, -0.25) is 0 Å². The number of sulfonamides is 1. The SMILES string of the molecule is O=S(=O)(N[C@H](c1ccccc1)c1cc2ccccc2o1)c1ccc2c(c1)OC[C@@H](F)CO2. The van der Waals surface area contributed by atoms with E-state index >= 15 is 0 Å². The van der Waals surface area contributed by atoms with Crippen LogP contribution < -0.4 is 14.2 Å². The minimum absolute atomic E-state index is 0.0193. The van der Waals surface area contributed by atoms with Crippen molar-refractivity contribution in [1.82, 2.24) is 4.72 Å². The molecule has 1 aliphatic heterocycles. The van der Waals surface area contributed by atoms with Crippen LogP contribution in [0.4, 0.5) is 4.39 Å². The molecule has 6 nitrogen and oxygen atoms in total. The number of ether oxygens (including phenoxy) is 2. The molecule has 2 heterocycles. The predicted molar refractivity (Wildman–Crippen MR) is 117 cm³/mol. The molecule has 3 aromatic carbocycles. The van der Waals surface area contributed by atoms with E-state index in [9.17, 15) is 12.8 Å². The maximum atomic E-state index is 13.6. The monoisotopic (exact) mass is 453 g/mol. The van der Waals surface area contributed by atoms with Gasteiger partial charge in [0.15, 0.2) is 17.7 Å². The van der Waals surface area contributed by atoms with Gasteiger partial charge in [-0.05, 0) is 29.8 Å². The molecule has 0 amide bonds. The first-order valence-electron chi connectivity index (χ1n) is 10.1. The fraction of sp³-hybridized carbons (Fsp3) is 0.167. The van der Waals surface area contributed by atoms with E-state index in [4.69, 9.17) is 13.9 Å². The van der Waals surface area contributed by atoms with Gasteiger partial charge in [0, 0.05) is 11.5 Å². The summed E-state index contributed by atoms with van der Waals surface area (Å²) >= 11 is 0. The second-order valence-electron chi connectivity index (χ2n) is 7.48.